The largest absolute Gasteiger partial charge is 0.389 e. The van der Waals surface area contributed by atoms with Gasteiger partial charge in [0.05, 0.1) is 28.2 Å². The summed E-state index contributed by atoms with van der Waals surface area (Å²) in [6.45, 7) is 1.75. The Hall–Kier alpha value is -2.92. The molecule has 0 amide bonds. The van der Waals surface area contributed by atoms with Crippen LogP contribution in [0.2, 0.25) is 0 Å². The van der Waals surface area contributed by atoms with Gasteiger partial charge in [-0.05, 0) is 37.3 Å². The van der Waals surface area contributed by atoms with E-state index >= 15 is 0 Å². The molecule has 0 bridgehead atoms. The zero-order chi connectivity index (χ0) is 15.8. The number of H-pyrrole nitrogens is 2. The summed E-state index contributed by atoms with van der Waals surface area (Å²) in [7, 11) is 0. The van der Waals surface area contributed by atoms with Crippen molar-refractivity contribution in [3.8, 4) is 0 Å². The van der Waals surface area contributed by atoms with Crippen molar-refractivity contribution >= 4 is 34.2 Å². The van der Waals surface area contributed by atoms with Gasteiger partial charge >= 0.3 is 0 Å². The van der Waals surface area contributed by atoms with Crippen LogP contribution in [-0.2, 0) is 0 Å². The van der Waals surface area contributed by atoms with E-state index in [4.69, 9.17) is 0 Å². The Morgan fingerprint density at radius 2 is 1.61 bits per heavy atom. The van der Waals surface area contributed by atoms with Gasteiger partial charge < -0.3 is 15.1 Å². The highest BCUT2D eigenvalue weighted by atomic mass is 16.3. The Labute approximate surface area is 132 Å². The van der Waals surface area contributed by atoms with E-state index < -0.39 is 6.10 Å². The van der Waals surface area contributed by atoms with Crippen molar-refractivity contribution in [2.24, 2.45) is 0 Å². The number of rotatable bonds is 3. The molecule has 0 fully saturated rings. The molecule has 0 spiro atoms. The Balaban J connectivity index is 1.70. The number of nitrogens with zero attached hydrogens (tertiary/aromatic N) is 2. The third-order valence-electron chi connectivity index (χ3n) is 3.83. The lowest BCUT2D eigenvalue weighted by Crippen LogP contribution is -1.91. The first-order valence-electron chi connectivity index (χ1n) is 7.50. The molecule has 23 heavy (non-hydrogen) atoms. The quantitative estimate of drug-likeness (QED) is 0.540. The molecule has 0 saturated carbocycles. The topological polar surface area (TPSA) is 77.6 Å². The number of hydrogen-bond donors (Lipinski definition) is 3. The number of imidazole rings is 2. The number of para-hydroxylation sites is 3. The van der Waals surface area contributed by atoms with Gasteiger partial charge in [0.2, 0.25) is 0 Å². The molecule has 0 aliphatic carbocycles. The highest BCUT2D eigenvalue weighted by Gasteiger charge is 2.09. The minimum atomic E-state index is -0.536. The third kappa shape index (κ3) is 2.51. The molecule has 1 unspecified atom stereocenters. The maximum atomic E-state index is 9.84. The second kappa shape index (κ2) is 5.37. The van der Waals surface area contributed by atoms with E-state index in [1.807, 2.05) is 54.6 Å². The normalized spacial score (nSPS) is 13.3. The van der Waals surface area contributed by atoms with Crippen molar-refractivity contribution in [3.63, 3.8) is 0 Å². The monoisotopic (exact) mass is 304 g/mol. The highest BCUT2D eigenvalue weighted by molar-refractivity contribution is 5.82. The molecular weight excluding hydrogens is 288 g/mol. The van der Waals surface area contributed by atoms with Crippen LogP contribution in [0.1, 0.15) is 30.2 Å². The Morgan fingerprint density at radius 3 is 2.39 bits per heavy atom. The Morgan fingerprint density at radius 1 is 0.913 bits per heavy atom. The maximum Gasteiger partial charge on any atom is 0.131 e. The fraction of sp³-hybridized carbons (Fsp3) is 0.111. The van der Waals surface area contributed by atoms with Gasteiger partial charge in [-0.15, -0.1) is 0 Å². The summed E-state index contributed by atoms with van der Waals surface area (Å²) in [4.78, 5) is 15.5. The van der Waals surface area contributed by atoms with Crippen molar-refractivity contribution in [1.29, 1.82) is 0 Å². The van der Waals surface area contributed by atoms with Gasteiger partial charge in [0.15, 0.2) is 0 Å². The summed E-state index contributed by atoms with van der Waals surface area (Å²) in [6.07, 6.45) is 3.23. The minimum absolute atomic E-state index is 0.536. The molecule has 1 atom stereocenters. The summed E-state index contributed by atoms with van der Waals surface area (Å²) in [6, 6.07) is 13.6. The van der Waals surface area contributed by atoms with E-state index in [1.54, 1.807) is 6.92 Å². The van der Waals surface area contributed by atoms with Crippen LogP contribution in [-0.4, -0.2) is 25.0 Å². The van der Waals surface area contributed by atoms with Crippen LogP contribution in [0.3, 0.4) is 0 Å². The molecule has 2 aromatic carbocycles. The Bertz CT molecular complexity index is 977. The smallest absolute Gasteiger partial charge is 0.131 e. The number of aromatic nitrogens is 4. The zero-order valence-electron chi connectivity index (χ0n) is 12.6. The minimum Gasteiger partial charge on any atom is -0.389 e. The summed E-state index contributed by atoms with van der Waals surface area (Å²) >= 11 is 0. The summed E-state index contributed by atoms with van der Waals surface area (Å²) in [5.41, 5.74) is 4.50. The number of aromatic amines is 2. The first kappa shape index (κ1) is 13.7. The molecular formula is C18H16N4O. The molecule has 2 aromatic heterocycles. The SMILES string of the molecule is CC(O)c1cccc2nc(C=Cc3nc4ccccc4[nH]3)[nH]c12. The first-order valence-corrected chi connectivity index (χ1v) is 7.50. The molecule has 0 radical (unpaired) electrons. The predicted molar refractivity (Wildman–Crippen MR) is 91.7 cm³/mol. The van der Waals surface area contributed by atoms with Gasteiger partial charge in [-0.2, -0.15) is 0 Å². The number of aliphatic hydroxyl groups excluding tert-OH is 1. The van der Waals surface area contributed by atoms with Crippen molar-refractivity contribution in [3.05, 3.63) is 59.7 Å². The number of nitrogens with one attached hydrogen (secondary N) is 2. The Kier molecular flexibility index (Phi) is 3.20. The van der Waals surface area contributed by atoms with E-state index in [1.165, 1.54) is 0 Å². The van der Waals surface area contributed by atoms with Crippen molar-refractivity contribution in [2.75, 3.05) is 0 Å². The highest BCUT2D eigenvalue weighted by Crippen LogP contribution is 2.23. The first-order chi connectivity index (χ1) is 11.2. The lowest BCUT2D eigenvalue weighted by Gasteiger charge is -2.04. The number of benzene rings is 2. The molecule has 4 rings (SSSR count). The second-order valence-electron chi connectivity index (χ2n) is 5.51. The lowest BCUT2D eigenvalue weighted by atomic mass is 10.1. The predicted octanol–water partition coefficient (Wildman–Crippen LogP) is 3.66. The average Bonchev–Trinajstić information content (AvgIpc) is 3.15. The third-order valence-corrected chi connectivity index (χ3v) is 3.83. The lowest BCUT2D eigenvalue weighted by molar-refractivity contribution is 0.200. The number of hydrogen-bond acceptors (Lipinski definition) is 3. The van der Waals surface area contributed by atoms with Crippen LogP contribution >= 0.6 is 0 Å². The summed E-state index contributed by atoms with van der Waals surface area (Å²) in [5, 5.41) is 9.84. The molecule has 5 heteroatoms. The van der Waals surface area contributed by atoms with Gasteiger partial charge in [0, 0.05) is 5.56 Å². The molecule has 0 aliphatic rings. The van der Waals surface area contributed by atoms with Crippen LogP contribution < -0.4 is 0 Å². The maximum absolute atomic E-state index is 9.84. The van der Waals surface area contributed by atoms with Crippen molar-refractivity contribution < 1.29 is 5.11 Å². The molecule has 0 aliphatic heterocycles. The molecule has 114 valence electrons. The van der Waals surface area contributed by atoms with Crippen LogP contribution in [0.5, 0.6) is 0 Å². The fourth-order valence-corrected chi connectivity index (χ4v) is 2.71. The van der Waals surface area contributed by atoms with Crippen LogP contribution in [0, 0.1) is 0 Å². The average molecular weight is 304 g/mol. The molecule has 3 N–H and O–H groups in total. The van der Waals surface area contributed by atoms with Gasteiger partial charge in [0.1, 0.15) is 11.6 Å². The second-order valence-corrected chi connectivity index (χ2v) is 5.51. The fourth-order valence-electron chi connectivity index (χ4n) is 2.71. The van der Waals surface area contributed by atoms with Crippen molar-refractivity contribution in [1.82, 2.24) is 19.9 Å². The molecule has 2 heterocycles. The van der Waals surface area contributed by atoms with Crippen molar-refractivity contribution in [2.45, 2.75) is 13.0 Å². The number of aliphatic hydroxyl groups is 1. The van der Waals surface area contributed by atoms with E-state index in [2.05, 4.69) is 19.9 Å². The van der Waals surface area contributed by atoms with Gasteiger partial charge in [-0.25, -0.2) is 9.97 Å². The van der Waals surface area contributed by atoms with Gasteiger partial charge in [0.25, 0.3) is 0 Å². The molecule has 0 saturated heterocycles. The van der Waals surface area contributed by atoms with Gasteiger partial charge in [-0.3, -0.25) is 0 Å². The van der Waals surface area contributed by atoms with E-state index in [0.29, 0.717) is 0 Å². The molecule has 5 nitrogen and oxygen atoms in total. The summed E-state index contributed by atoms with van der Waals surface area (Å²) < 4.78 is 0. The van der Waals surface area contributed by atoms with Crippen LogP contribution in [0.4, 0.5) is 0 Å². The van der Waals surface area contributed by atoms with E-state index in [0.717, 1.165) is 39.3 Å². The number of fused-ring (bicyclic) bond motifs is 2. The van der Waals surface area contributed by atoms with E-state index in [9.17, 15) is 5.11 Å². The van der Waals surface area contributed by atoms with E-state index in [-0.39, 0.29) is 0 Å². The van der Waals surface area contributed by atoms with Crippen LogP contribution in [0.15, 0.2) is 42.5 Å². The zero-order valence-corrected chi connectivity index (χ0v) is 12.6. The van der Waals surface area contributed by atoms with Gasteiger partial charge in [-0.1, -0.05) is 24.3 Å². The molecule has 4 aromatic rings. The summed E-state index contributed by atoms with van der Waals surface area (Å²) in [5.74, 6) is 1.51. The van der Waals surface area contributed by atoms with Crippen LogP contribution in [0.25, 0.3) is 34.2 Å². The standard InChI is InChI=1S/C18H16N4O/c1-11(23)12-5-4-8-15-18(12)22-17(21-15)10-9-16-19-13-6-2-3-7-14(13)20-16/h2-11,23H,1H3,(H,19,20)(H,21,22).